The summed E-state index contributed by atoms with van der Waals surface area (Å²) < 4.78 is 43.8. The minimum atomic E-state index is -4.58. The topological polar surface area (TPSA) is 55.4 Å². The van der Waals surface area contributed by atoms with Crippen LogP contribution >= 0.6 is 27.5 Å². The fourth-order valence-electron chi connectivity index (χ4n) is 2.33. The second-order valence-corrected chi connectivity index (χ2v) is 6.86. The molecule has 0 aliphatic rings. The Balaban J connectivity index is 2.25. The summed E-state index contributed by atoms with van der Waals surface area (Å²) in [7, 11) is 1.15. The van der Waals surface area contributed by atoms with Crippen LogP contribution in [-0.4, -0.2) is 25.0 Å². The molecule has 0 radical (unpaired) electrons. The number of methoxy groups -OCH3 is 1. The van der Waals surface area contributed by atoms with E-state index < -0.39 is 29.7 Å². The molecule has 1 N–H and O–H groups in total. The number of amides is 1. The van der Waals surface area contributed by atoms with Crippen molar-refractivity contribution >= 4 is 39.4 Å². The zero-order chi connectivity index (χ0) is 20.2. The van der Waals surface area contributed by atoms with Crippen molar-refractivity contribution in [1.29, 1.82) is 0 Å². The third-order valence-electron chi connectivity index (χ3n) is 3.67. The molecule has 1 atom stereocenters. The molecule has 0 saturated carbocycles. The Bertz CT molecular complexity index is 858. The van der Waals surface area contributed by atoms with E-state index in [4.69, 9.17) is 11.6 Å². The highest BCUT2D eigenvalue weighted by Crippen LogP contribution is 2.29. The van der Waals surface area contributed by atoms with Crippen molar-refractivity contribution in [3.8, 4) is 0 Å². The van der Waals surface area contributed by atoms with Gasteiger partial charge < -0.3 is 10.1 Å². The van der Waals surface area contributed by atoms with Crippen LogP contribution in [0.2, 0.25) is 5.02 Å². The largest absolute Gasteiger partial charge is 0.467 e. The molecule has 0 aliphatic heterocycles. The van der Waals surface area contributed by atoms with Gasteiger partial charge in [0.25, 0.3) is 5.91 Å². The van der Waals surface area contributed by atoms with Crippen molar-refractivity contribution in [2.45, 2.75) is 18.6 Å². The Morgan fingerprint density at radius 3 is 2.56 bits per heavy atom. The van der Waals surface area contributed by atoms with Gasteiger partial charge in [0.15, 0.2) is 0 Å². The average molecular weight is 465 g/mol. The highest BCUT2D eigenvalue weighted by Gasteiger charge is 2.31. The highest BCUT2D eigenvalue weighted by atomic mass is 79.9. The molecule has 0 saturated heterocycles. The maximum absolute atomic E-state index is 12.8. The van der Waals surface area contributed by atoms with Gasteiger partial charge in [0.05, 0.1) is 12.7 Å². The summed E-state index contributed by atoms with van der Waals surface area (Å²) in [6.45, 7) is 0. The van der Waals surface area contributed by atoms with Gasteiger partial charge in [0, 0.05) is 21.5 Å². The first-order valence-corrected chi connectivity index (χ1v) is 8.79. The van der Waals surface area contributed by atoms with Crippen LogP contribution in [0.25, 0.3) is 0 Å². The number of esters is 1. The number of ether oxygens (including phenoxy) is 1. The van der Waals surface area contributed by atoms with Crippen molar-refractivity contribution in [3.05, 3.63) is 68.7 Å². The van der Waals surface area contributed by atoms with Gasteiger partial charge in [0.1, 0.15) is 6.04 Å². The maximum Gasteiger partial charge on any atom is 0.416 e. The molecule has 4 nitrogen and oxygen atoms in total. The van der Waals surface area contributed by atoms with Crippen molar-refractivity contribution in [3.63, 3.8) is 0 Å². The van der Waals surface area contributed by atoms with Crippen molar-refractivity contribution < 1.29 is 27.5 Å². The molecule has 144 valence electrons. The van der Waals surface area contributed by atoms with Crippen LogP contribution in [0.4, 0.5) is 13.2 Å². The number of benzene rings is 2. The molecule has 0 aromatic heterocycles. The number of hydrogen-bond donors (Lipinski definition) is 1. The third kappa shape index (κ3) is 5.71. The fourth-order valence-corrected chi connectivity index (χ4v) is 2.94. The third-order valence-corrected chi connectivity index (χ3v) is 4.68. The number of rotatable bonds is 5. The molecule has 0 aliphatic carbocycles. The first-order chi connectivity index (χ1) is 12.6. The summed E-state index contributed by atoms with van der Waals surface area (Å²) in [6.07, 6.45) is -4.54. The van der Waals surface area contributed by atoms with Crippen LogP contribution in [-0.2, 0) is 22.1 Å². The zero-order valence-corrected chi connectivity index (χ0v) is 16.3. The number of halogens is 5. The summed E-state index contributed by atoms with van der Waals surface area (Å²) in [6, 6.07) is 7.76. The van der Waals surface area contributed by atoms with Gasteiger partial charge in [-0.3, -0.25) is 4.79 Å². The zero-order valence-electron chi connectivity index (χ0n) is 13.9. The Hall–Kier alpha value is -2.06. The lowest BCUT2D eigenvalue weighted by molar-refractivity contribution is -0.143. The van der Waals surface area contributed by atoms with Gasteiger partial charge in [-0.2, -0.15) is 13.2 Å². The Morgan fingerprint density at radius 2 is 1.93 bits per heavy atom. The predicted molar refractivity (Wildman–Crippen MR) is 97.6 cm³/mol. The summed E-state index contributed by atoms with van der Waals surface area (Å²) in [5.41, 5.74) is -0.548. The summed E-state index contributed by atoms with van der Waals surface area (Å²) in [4.78, 5) is 24.4. The molecule has 1 amide bonds. The Labute approximate surface area is 166 Å². The monoisotopic (exact) mass is 463 g/mol. The summed E-state index contributed by atoms with van der Waals surface area (Å²) >= 11 is 9.27. The van der Waals surface area contributed by atoms with Gasteiger partial charge in [-0.15, -0.1) is 0 Å². The van der Waals surface area contributed by atoms with Crippen molar-refractivity contribution in [2.75, 3.05) is 7.11 Å². The molecule has 2 rings (SSSR count). The van der Waals surface area contributed by atoms with E-state index in [0.717, 1.165) is 25.3 Å². The van der Waals surface area contributed by atoms with E-state index in [1.807, 2.05) is 0 Å². The van der Waals surface area contributed by atoms with E-state index in [0.29, 0.717) is 15.1 Å². The molecule has 0 bridgehead atoms. The van der Waals surface area contributed by atoms with Crippen LogP contribution in [0.15, 0.2) is 46.9 Å². The van der Waals surface area contributed by atoms with Gasteiger partial charge in [-0.05, 0) is 42.0 Å². The second kappa shape index (κ2) is 8.75. The number of carbonyl (C=O) groups excluding carboxylic acids is 2. The lowest BCUT2D eigenvalue weighted by atomic mass is 10.0. The number of hydrogen-bond acceptors (Lipinski definition) is 3. The molecule has 0 fully saturated rings. The predicted octanol–water partition coefficient (Wildman–Crippen LogP) is 4.64. The van der Waals surface area contributed by atoms with E-state index in [-0.39, 0.29) is 12.0 Å². The van der Waals surface area contributed by atoms with Gasteiger partial charge in [-0.25, -0.2) is 4.79 Å². The minimum absolute atomic E-state index is 0.0402. The molecule has 0 spiro atoms. The van der Waals surface area contributed by atoms with Crippen LogP contribution in [0, 0.1) is 0 Å². The number of carbonyl (C=O) groups is 2. The molecule has 0 unspecified atom stereocenters. The number of nitrogens with one attached hydrogen (secondary N) is 1. The standard InChI is InChI=1S/C18H14BrClF3NO3/c1-27-17(26)15(9-11-8-13(20)5-6-14(11)19)24-16(25)10-3-2-4-12(7-10)18(21,22)23/h2-8,15H,9H2,1H3,(H,24,25)/t15-/m0/s1. The SMILES string of the molecule is COC(=O)[C@H](Cc1cc(Cl)ccc1Br)NC(=O)c1cccc(C(F)(F)F)c1. The highest BCUT2D eigenvalue weighted by molar-refractivity contribution is 9.10. The first kappa shape index (κ1) is 21.2. The van der Waals surface area contributed by atoms with Crippen molar-refractivity contribution in [2.24, 2.45) is 0 Å². The molecule has 2 aromatic rings. The van der Waals surface area contributed by atoms with Crippen molar-refractivity contribution in [1.82, 2.24) is 5.32 Å². The molecule has 2 aromatic carbocycles. The molecular formula is C18H14BrClF3NO3. The minimum Gasteiger partial charge on any atom is -0.467 e. The van der Waals surface area contributed by atoms with Crippen LogP contribution in [0.5, 0.6) is 0 Å². The van der Waals surface area contributed by atoms with Crippen LogP contribution in [0.1, 0.15) is 21.5 Å². The normalized spacial score (nSPS) is 12.4. The molecule has 27 heavy (non-hydrogen) atoms. The van der Waals surface area contributed by atoms with E-state index in [1.165, 1.54) is 6.07 Å². The van der Waals surface area contributed by atoms with E-state index >= 15 is 0 Å². The maximum atomic E-state index is 12.8. The van der Waals surface area contributed by atoms with E-state index in [9.17, 15) is 22.8 Å². The molecule has 9 heteroatoms. The lowest BCUT2D eigenvalue weighted by Gasteiger charge is -2.18. The fraction of sp³-hybridized carbons (Fsp3) is 0.222. The Kier molecular flexibility index (Phi) is 6.89. The smallest absolute Gasteiger partial charge is 0.416 e. The summed E-state index contributed by atoms with van der Waals surface area (Å²) in [5, 5.41) is 2.84. The van der Waals surface area contributed by atoms with Gasteiger partial charge in [0.2, 0.25) is 0 Å². The van der Waals surface area contributed by atoms with E-state index in [1.54, 1.807) is 18.2 Å². The van der Waals surface area contributed by atoms with Gasteiger partial charge in [-0.1, -0.05) is 33.6 Å². The van der Waals surface area contributed by atoms with Gasteiger partial charge >= 0.3 is 12.1 Å². The average Bonchev–Trinajstić information content (AvgIpc) is 2.62. The Morgan fingerprint density at radius 1 is 1.22 bits per heavy atom. The first-order valence-electron chi connectivity index (χ1n) is 7.61. The van der Waals surface area contributed by atoms with Crippen LogP contribution in [0.3, 0.4) is 0 Å². The molecule has 0 heterocycles. The lowest BCUT2D eigenvalue weighted by Crippen LogP contribution is -2.43. The second-order valence-electron chi connectivity index (χ2n) is 5.57. The van der Waals surface area contributed by atoms with E-state index in [2.05, 4.69) is 26.0 Å². The quantitative estimate of drug-likeness (QED) is 0.656. The number of alkyl halides is 3. The summed E-state index contributed by atoms with van der Waals surface area (Å²) in [5.74, 6) is -1.56. The molecular weight excluding hydrogens is 451 g/mol. The van der Waals surface area contributed by atoms with Crippen LogP contribution < -0.4 is 5.32 Å².